The topological polar surface area (TPSA) is 53.1 Å². The van der Waals surface area contributed by atoms with Gasteiger partial charge in [0.15, 0.2) is 0 Å². The number of anilines is 2. The van der Waals surface area contributed by atoms with Crippen molar-refractivity contribution in [2.45, 2.75) is 13.8 Å². The number of aryl methyl sites for hydroxylation is 1. The average Bonchev–Trinajstić information content (AvgIpc) is 2.41. The average molecular weight is 288 g/mol. The van der Waals surface area contributed by atoms with Gasteiger partial charge in [0.2, 0.25) is 0 Å². The van der Waals surface area contributed by atoms with Crippen LogP contribution in [0.25, 0.3) is 0 Å². The Morgan fingerprint density at radius 1 is 1.20 bits per heavy atom. The minimum Gasteiger partial charge on any atom is -0.384 e. The maximum Gasteiger partial charge on any atom is 0.124 e. The monoisotopic (exact) mass is 287 g/mol. The first-order chi connectivity index (χ1) is 9.52. The fraction of sp³-hybridized carbons (Fsp3) is 0.188. The number of halogens is 1. The van der Waals surface area contributed by atoms with Gasteiger partial charge in [-0.05, 0) is 44.2 Å². The molecule has 2 aromatic rings. The largest absolute Gasteiger partial charge is 0.384 e. The summed E-state index contributed by atoms with van der Waals surface area (Å²) >= 11 is 6.10. The quantitative estimate of drug-likeness (QED) is 0.657. The molecule has 4 heteroatoms. The van der Waals surface area contributed by atoms with Gasteiger partial charge in [-0.3, -0.25) is 5.41 Å². The lowest BCUT2D eigenvalue weighted by molar-refractivity contribution is 1.02. The Morgan fingerprint density at radius 2 is 1.85 bits per heavy atom. The van der Waals surface area contributed by atoms with E-state index in [0.29, 0.717) is 10.6 Å². The van der Waals surface area contributed by atoms with Gasteiger partial charge >= 0.3 is 0 Å². The van der Waals surface area contributed by atoms with E-state index in [9.17, 15) is 0 Å². The second-order valence-corrected chi connectivity index (χ2v) is 5.09. The molecule has 0 unspecified atom stereocenters. The molecule has 0 aliphatic rings. The third-order valence-corrected chi connectivity index (χ3v) is 3.44. The van der Waals surface area contributed by atoms with E-state index >= 15 is 0 Å². The van der Waals surface area contributed by atoms with Crippen molar-refractivity contribution in [1.82, 2.24) is 0 Å². The lowest BCUT2D eigenvalue weighted by Crippen LogP contribution is -2.21. The number of hydrogen-bond acceptors (Lipinski definition) is 2. The summed E-state index contributed by atoms with van der Waals surface area (Å²) in [6.45, 7) is 4.88. The smallest absolute Gasteiger partial charge is 0.124 e. The minimum absolute atomic E-state index is 0.0437. The summed E-state index contributed by atoms with van der Waals surface area (Å²) in [4.78, 5) is 2.10. The molecule has 104 valence electrons. The minimum atomic E-state index is 0.0437. The summed E-state index contributed by atoms with van der Waals surface area (Å²) in [6.07, 6.45) is 0. The summed E-state index contributed by atoms with van der Waals surface area (Å²) < 4.78 is 0. The van der Waals surface area contributed by atoms with Crippen molar-refractivity contribution in [2.75, 3.05) is 11.4 Å². The highest BCUT2D eigenvalue weighted by Gasteiger charge is 2.14. The Balaban J connectivity index is 2.53. The highest BCUT2D eigenvalue weighted by Crippen LogP contribution is 2.30. The van der Waals surface area contributed by atoms with Gasteiger partial charge < -0.3 is 10.6 Å². The van der Waals surface area contributed by atoms with Gasteiger partial charge in [0, 0.05) is 22.8 Å². The fourth-order valence-electron chi connectivity index (χ4n) is 2.17. The zero-order valence-corrected chi connectivity index (χ0v) is 12.4. The van der Waals surface area contributed by atoms with E-state index in [2.05, 4.69) is 43.0 Å². The molecule has 0 saturated carbocycles. The number of nitrogen functional groups attached to an aromatic ring is 1. The van der Waals surface area contributed by atoms with Gasteiger partial charge in [0.05, 0.1) is 5.69 Å². The van der Waals surface area contributed by atoms with Gasteiger partial charge in [0.1, 0.15) is 5.84 Å². The third-order valence-electron chi connectivity index (χ3n) is 3.20. The van der Waals surface area contributed by atoms with Crippen LogP contribution in [0.5, 0.6) is 0 Å². The van der Waals surface area contributed by atoms with Crippen molar-refractivity contribution in [2.24, 2.45) is 5.73 Å². The number of benzene rings is 2. The first-order valence-corrected chi connectivity index (χ1v) is 6.89. The molecule has 0 fully saturated rings. The Labute approximate surface area is 124 Å². The highest BCUT2D eigenvalue weighted by atomic mass is 35.5. The predicted molar refractivity (Wildman–Crippen MR) is 86.3 cm³/mol. The van der Waals surface area contributed by atoms with Crippen LogP contribution in [0.15, 0.2) is 42.5 Å². The SMILES string of the molecule is CCN(c1ccc(C)cc1)c1cc(Cl)ccc1C(=N)N. The molecular formula is C16H18ClN3. The van der Waals surface area contributed by atoms with E-state index in [1.165, 1.54) is 5.56 Å². The molecule has 20 heavy (non-hydrogen) atoms. The molecule has 0 spiro atoms. The summed E-state index contributed by atoms with van der Waals surface area (Å²) in [5, 5.41) is 8.35. The number of nitrogens with zero attached hydrogens (tertiary/aromatic N) is 1. The van der Waals surface area contributed by atoms with E-state index in [1.807, 2.05) is 6.07 Å². The lowest BCUT2D eigenvalue weighted by atomic mass is 10.1. The zero-order valence-electron chi connectivity index (χ0n) is 11.7. The van der Waals surface area contributed by atoms with E-state index in [1.54, 1.807) is 12.1 Å². The van der Waals surface area contributed by atoms with Gasteiger partial charge in [0.25, 0.3) is 0 Å². The van der Waals surface area contributed by atoms with Crippen LogP contribution in [0.2, 0.25) is 5.02 Å². The third kappa shape index (κ3) is 2.94. The van der Waals surface area contributed by atoms with Gasteiger partial charge in [-0.2, -0.15) is 0 Å². The summed E-state index contributed by atoms with van der Waals surface area (Å²) in [5.74, 6) is 0.0437. The number of nitrogens with one attached hydrogen (secondary N) is 1. The van der Waals surface area contributed by atoms with Crippen LogP contribution in [0, 0.1) is 12.3 Å². The molecule has 2 rings (SSSR count). The second kappa shape index (κ2) is 5.97. The number of amidine groups is 1. The number of nitrogens with two attached hydrogens (primary N) is 1. The van der Waals surface area contributed by atoms with Crippen molar-refractivity contribution in [3.8, 4) is 0 Å². The van der Waals surface area contributed by atoms with Crippen LogP contribution in [0.1, 0.15) is 18.1 Å². The van der Waals surface area contributed by atoms with E-state index in [4.69, 9.17) is 22.7 Å². The summed E-state index contributed by atoms with van der Waals surface area (Å²) in [7, 11) is 0. The van der Waals surface area contributed by atoms with Crippen molar-refractivity contribution in [1.29, 1.82) is 5.41 Å². The first-order valence-electron chi connectivity index (χ1n) is 6.51. The summed E-state index contributed by atoms with van der Waals surface area (Å²) in [6, 6.07) is 13.6. The van der Waals surface area contributed by atoms with Crippen LogP contribution in [0.3, 0.4) is 0 Å². The molecule has 3 nitrogen and oxygen atoms in total. The van der Waals surface area contributed by atoms with Crippen molar-refractivity contribution < 1.29 is 0 Å². The standard InChI is InChI=1S/C16H18ClN3/c1-3-20(13-7-4-11(2)5-8-13)15-10-12(17)6-9-14(15)16(18)19/h4-10H,3H2,1-2H3,(H3,18,19). The Morgan fingerprint density at radius 3 is 2.40 bits per heavy atom. The fourth-order valence-corrected chi connectivity index (χ4v) is 2.34. The van der Waals surface area contributed by atoms with Crippen molar-refractivity contribution >= 4 is 28.8 Å². The molecule has 0 bridgehead atoms. The first kappa shape index (κ1) is 14.4. The van der Waals surface area contributed by atoms with E-state index in [0.717, 1.165) is 17.9 Å². The number of hydrogen-bond donors (Lipinski definition) is 2. The van der Waals surface area contributed by atoms with Crippen LogP contribution in [0.4, 0.5) is 11.4 Å². The number of rotatable bonds is 4. The maximum absolute atomic E-state index is 7.72. The highest BCUT2D eigenvalue weighted by molar-refractivity contribution is 6.31. The molecule has 0 heterocycles. The van der Waals surface area contributed by atoms with Crippen LogP contribution in [-0.4, -0.2) is 12.4 Å². The van der Waals surface area contributed by atoms with Crippen molar-refractivity contribution in [3.05, 3.63) is 58.6 Å². The van der Waals surface area contributed by atoms with Gasteiger partial charge in [-0.25, -0.2) is 0 Å². The van der Waals surface area contributed by atoms with Crippen LogP contribution < -0.4 is 10.6 Å². The Bertz CT molecular complexity index is 620. The Hall–Kier alpha value is -2.00. The molecule has 0 aliphatic heterocycles. The van der Waals surface area contributed by atoms with Crippen molar-refractivity contribution in [3.63, 3.8) is 0 Å². The lowest BCUT2D eigenvalue weighted by Gasteiger charge is -2.26. The van der Waals surface area contributed by atoms with E-state index in [-0.39, 0.29) is 5.84 Å². The predicted octanol–water partition coefficient (Wildman–Crippen LogP) is 4.09. The zero-order chi connectivity index (χ0) is 14.7. The molecule has 2 aromatic carbocycles. The molecule has 3 N–H and O–H groups in total. The second-order valence-electron chi connectivity index (χ2n) is 4.65. The van der Waals surface area contributed by atoms with Gasteiger partial charge in [-0.1, -0.05) is 29.3 Å². The maximum atomic E-state index is 7.72. The van der Waals surface area contributed by atoms with E-state index < -0.39 is 0 Å². The molecule has 0 radical (unpaired) electrons. The molecular weight excluding hydrogens is 270 g/mol. The van der Waals surface area contributed by atoms with Gasteiger partial charge in [-0.15, -0.1) is 0 Å². The molecule has 0 saturated heterocycles. The van der Waals surface area contributed by atoms with Crippen LogP contribution >= 0.6 is 11.6 Å². The molecule has 0 atom stereocenters. The molecule has 0 aromatic heterocycles. The summed E-state index contributed by atoms with van der Waals surface area (Å²) in [5.41, 5.74) is 9.49. The Kier molecular flexibility index (Phi) is 4.30. The molecule has 0 aliphatic carbocycles. The molecule has 0 amide bonds. The normalized spacial score (nSPS) is 10.3. The van der Waals surface area contributed by atoms with Crippen LogP contribution in [-0.2, 0) is 0 Å².